The Morgan fingerprint density at radius 3 is 2.70 bits per heavy atom. The minimum absolute atomic E-state index is 0.0164. The van der Waals surface area contributed by atoms with E-state index in [1.807, 2.05) is 36.1 Å². The maximum Gasteiger partial charge on any atom is 0.318 e. The van der Waals surface area contributed by atoms with Gasteiger partial charge < -0.3 is 14.6 Å². The number of furan rings is 1. The fourth-order valence-corrected chi connectivity index (χ4v) is 2.82. The summed E-state index contributed by atoms with van der Waals surface area (Å²) in [5.74, 6) is 1.08. The van der Waals surface area contributed by atoms with Crippen LogP contribution in [0.25, 0.3) is 0 Å². The molecule has 0 spiro atoms. The highest BCUT2D eigenvalue weighted by Gasteiger charge is 2.37. The van der Waals surface area contributed by atoms with E-state index >= 15 is 0 Å². The molecule has 0 unspecified atom stereocenters. The van der Waals surface area contributed by atoms with Crippen molar-refractivity contribution in [2.45, 2.75) is 44.7 Å². The largest absolute Gasteiger partial charge is 0.467 e. The van der Waals surface area contributed by atoms with Crippen LogP contribution >= 0.6 is 0 Å². The molecule has 1 N–H and O–H groups in total. The third-order valence-electron chi connectivity index (χ3n) is 4.38. The van der Waals surface area contributed by atoms with Gasteiger partial charge in [-0.15, -0.1) is 0 Å². The molecule has 2 aromatic heterocycles. The molecule has 0 aliphatic heterocycles. The lowest BCUT2D eigenvalue weighted by molar-refractivity contribution is 0.166. The Labute approximate surface area is 136 Å². The first kappa shape index (κ1) is 15.6. The van der Waals surface area contributed by atoms with E-state index in [1.54, 1.807) is 18.7 Å². The monoisotopic (exact) mass is 313 g/mol. The van der Waals surface area contributed by atoms with Crippen molar-refractivity contribution in [2.75, 3.05) is 6.54 Å². The Balaban J connectivity index is 1.61. The first-order valence-corrected chi connectivity index (χ1v) is 8.16. The van der Waals surface area contributed by atoms with Gasteiger partial charge in [-0.05, 0) is 55.5 Å². The number of rotatable bonds is 6. The molecule has 1 fully saturated rings. The first-order valence-electron chi connectivity index (χ1n) is 8.16. The van der Waals surface area contributed by atoms with E-state index in [0.717, 1.165) is 18.6 Å². The number of hydrogen-bond acceptors (Lipinski definition) is 3. The van der Waals surface area contributed by atoms with Crippen LogP contribution in [0.15, 0.2) is 47.3 Å². The van der Waals surface area contributed by atoms with E-state index in [1.165, 1.54) is 5.56 Å². The van der Waals surface area contributed by atoms with Crippen LogP contribution in [0.1, 0.15) is 50.0 Å². The van der Waals surface area contributed by atoms with Gasteiger partial charge in [0.05, 0.1) is 12.3 Å². The third kappa shape index (κ3) is 3.73. The number of urea groups is 1. The van der Waals surface area contributed by atoms with E-state index < -0.39 is 0 Å². The molecule has 1 saturated carbocycles. The Morgan fingerprint density at radius 1 is 1.35 bits per heavy atom. The van der Waals surface area contributed by atoms with Crippen molar-refractivity contribution in [3.05, 3.63) is 54.2 Å². The second-order valence-electron chi connectivity index (χ2n) is 6.20. The molecular formula is C18H23N3O2. The minimum Gasteiger partial charge on any atom is -0.467 e. The molecular weight excluding hydrogens is 290 g/mol. The summed E-state index contributed by atoms with van der Waals surface area (Å²) in [4.78, 5) is 18.6. The lowest BCUT2D eigenvalue weighted by Gasteiger charge is -2.28. The summed E-state index contributed by atoms with van der Waals surface area (Å²) in [6, 6.07) is 8.02. The van der Waals surface area contributed by atoms with Gasteiger partial charge in [0.1, 0.15) is 5.76 Å². The van der Waals surface area contributed by atoms with Gasteiger partial charge in [-0.3, -0.25) is 4.98 Å². The summed E-state index contributed by atoms with van der Waals surface area (Å²) in [5.41, 5.74) is 1.18. The summed E-state index contributed by atoms with van der Waals surface area (Å²) >= 11 is 0. The molecule has 1 aliphatic carbocycles. The van der Waals surface area contributed by atoms with Crippen molar-refractivity contribution >= 4 is 6.03 Å². The molecule has 5 nitrogen and oxygen atoms in total. The molecule has 2 amide bonds. The van der Waals surface area contributed by atoms with Crippen molar-refractivity contribution in [1.82, 2.24) is 15.2 Å². The fourth-order valence-electron chi connectivity index (χ4n) is 2.82. The Bertz CT molecular complexity index is 623. The van der Waals surface area contributed by atoms with E-state index in [0.29, 0.717) is 12.6 Å². The van der Waals surface area contributed by atoms with Gasteiger partial charge in [-0.1, -0.05) is 6.92 Å². The van der Waals surface area contributed by atoms with Crippen LogP contribution in [0.2, 0.25) is 0 Å². The van der Waals surface area contributed by atoms with Crippen molar-refractivity contribution in [3.8, 4) is 0 Å². The summed E-state index contributed by atoms with van der Waals surface area (Å²) in [5, 5.41) is 3.07. The van der Waals surface area contributed by atoms with E-state index in [9.17, 15) is 4.79 Å². The van der Waals surface area contributed by atoms with Gasteiger partial charge in [0, 0.05) is 25.0 Å². The van der Waals surface area contributed by atoms with Gasteiger partial charge >= 0.3 is 6.03 Å². The van der Waals surface area contributed by atoms with Gasteiger partial charge in [0.2, 0.25) is 0 Å². The molecule has 0 saturated heterocycles. The SMILES string of the molecule is C[C@@H](CNC(=O)N(C1CC1)[C@@H](C)c1ccco1)c1ccncc1. The maximum atomic E-state index is 12.7. The number of aromatic nitrogens is 1. The molecule has 122 valence electrons. The fraction of sp³-hybridized carbons (Fsp3) is 0.444. The number of pyridine rings is 1. The average Bonchev–Trinajstić information content (AvgIpc) is 3.25. The average molecular weight is 313 g/mol. The zero-order chi connectivity index (χ0) is 16.2. The van der Waals surface area contributed by atoms with Crippen LogP contribution in [-0.4, -0.2) is 28.5 Å². The van der Waals surface area contributed by atoms with Crippen LogP contribution in [0.5, 0.6) is 0 Å². The number of nitrogens with zero attached hydrogens (tertiary/aromatic N) is 2. The Kier molecular flexibility index (Phi) is 4.65. The molecule has 2 heterocycles. The predicted octanol–water partition coefficient (Wildman–Crippen LogP) is 3.71. The number of hydrogen-bond donors (Lipinski definition) is 1. The Hall–Kier alpha value is -2.30. The normalized spacial score (nSPS) is 16.6. The standard InChI is InChI=1S/C18H23N3O2/c1-13(15-7-9-19-10-8-15)12-20-18(22)21(16-5-6-16)14(2)17-4-3-11-23-17/h3-4,7-11,13-14,16H,5-6,12H2,1-2H3,(H,20,22)/t13-,14-/m0/s1. The van der Waals surface area contributed by atoms with Crippen LogP contribution in [-0.2, 0) is 0 Å². The molecule has 0 aromatic carbocycles. The minimum atomic E-state index is -0.0475. The highest BCUT2D eigenvalue weighted by atomic mass is 16.3. The molecule has 0 bridgehead atoms. The molecule has 1 aliphatic rings. The second kappa shape index (κ2) is 6.86. The molecule has 2 aromatic rings. The third-order valence-corrected chi connectivity index (χ3v) is 4.38. The molecule has 2 atom stereocenters. The van der Waals surface area contributed by atoms with E-state index in [-0.39, 0.29) is 18.0 Å². The van der Waals surface area contributed by atoms with Crippen LogP contribution in [0.3, 0.4) is 0 Å². The molecule has 3 rings (SSSR count). The molecule has 0 radical (unpaired) electrons. The summed E-state index contributed by atoms with van der Waals surface area (Å²) in [7, 11) is 0. The van der Waals surface area contributed by atoms with Gasteiger partial charge in [-0.2, -0.15) is 0 Å². The van der Waals surface area contributed by atoms with Crippen molar-refractivity contribution < 1.29 is 9.21 Å². The number of amides is 2. The maximum absolute atomic E-state index is 12.7. The number of carbonyl (C=O) groups excluding carboxylic acids is 1. The zero-order valence-electron chi connectivity index (χ0n) is 13.6. The van der Waals surface area contributed by atoms with Crippen LogP contribution < -0.4 is 5.32 Å². The number of nitrogens with one attached hydrogen (secondary N) is 1. The quantitative estimate of drug-likeness (QED) is 0.884. The topological polar surface area (TPSA) is 58.4 Å². The van der Waals surface area contributed by atoms with Gasteiger partial charge in [0.25, 0.3) is 0 Å². The lowest BCUT2D eigenvalue weighted by atomic mass is 10.0. The first-order chi connectivity index (χ1) is 11.2. The zero-order valence-corrected chi connectivity index (χ0v) is 13.6. The van der Waals surface area contributed by atoms with E-state index in [2.05, 4.69) is 17.2 Å². The van der Waals surface area contributed by atoms with Crippen LogP contribution in [0, 0.1) is 0 Å². The molecule has 5 heteroatoms. The van der Waals surface area contributed by atoms with Crippen molar-refractivity contribution in [2.24, 2.45) is 0 Å². The van der Waals surface area contributed by atoms with Gasteiger partial charge in [-0.25, -0.2) is 4.79 Å². The number of carbonyl (C=O) groups is 1. The lowest BCUT2D eigenvalue weighted by Crippen LogP contribution is -2.43. The summed E-state index contributed by atoms with van der Waals surface area (Å²) in [6.07, 6.45) is 7.35. The highest BCUT2D eigenvalue weighted by molar-refractivity contribution is 5.75. The summed E-state index contributed by atoms with van der Waals surface area (Å²) < 4.78 is 5.47. The Morgan fingerprint density at radius 2 is 2.09 bits per heavy atom. The van der Waals surface area contributed by atoms with Crippen molar-refractivity contribution in [1.29, 1.82) is 0 Å². The second-order valence-corrected chi connectivity index (χ2v) is 6.20. The van der Waals surface area contributed by atoms with Gasteiger partial charge in [0.15, 0.2) is 0 Å². The van der Waals surface area contributed by atoms with Crippen LogP contribution in [0.4, 0.5) is 4.79 Å². The summed E-state index contributed by atoms with van der Waals surface area (Å²) in [6.45, 7) is 4.73. The smallest absolute Gasteiger partial charge is 0.318 e. The van der Waals surface area contributed by atoms with Crippen molar-refractivity contribution in [3.63, 3.8) is 0 Å². The molecule has 23 heavy (non-hydrogen) atoms. The van der Waals surface area contributed by atoms with E-state index in [4.69, 9.17) is 4.42 Å². The highest BCUT2D eigenvalue weighted by Crippen LogP contribution is 2.34. The predicted molar refractivity (Wildman–Crippen MR) is 88.0 cm³/mol.